The molecule has 2 amide bonds. The van der Waals surface area contributed by atoms with Crippen molar-refractivity contribution in [2.45, 2.75) is 51.0 Å². The van der Waals surface area contributed by atoms with Gasteiger partial charge in [0, 0.05) is 38.1 Å². The van der Waals surface area contributed by atoms with E-state index in [1.165, 1.54) is 25.9 Å². The van der Waals surface area contributed by atoms with Crippen LogP contribution >= 0.6 is 0 Å². The summed E-state index contributed by atoms with van der Waals surface area (Å²) in [5.41, 5.74) is 0. The Balaban J connectivity index is 1.15. The van der Waals surface area contributed by atoms with Gasteiger partial charge in [-0.3, -0.25) is 9.59 Å². The number of rotatable bonds is 6. The van der Waals surface area contributed by atoms with Gasteiger partial charge in [0.15, 0.2) is 0 Å². The topological polar surface area (TPSA) is 53.1 Å². The third-order valence-electron chi connectivity index (χ3n) is 6.96. The summed E-state index contributed by atoms with van der Waals surface area (Å²) in [6.07, 6.45) is 6.85. The lowest BCUT2D eigenvalue weighted by Gasteiger charge is -2.39. The van der Waals surface area contributed by atoms with Gasteiger partial charge in [-0.1, -0.05) is 18.2 Å². The van der Waals surface area contributed by atoms with Crippen molar-refractivity contribution in [2.75, 3.05) is 45.9 Å². The number of piperidine rings is 2. The van der Waals surface area contributed by atoms with Gasteiger partial charge in [-0.2, -0.15) is 0 Å². The van der Waals surface area contributed by atoms with Crippen molar-refractivity contribution < 1.29 is 14.3 Å². The van der Waals surface area contributed by atoms with Crippen LogP contribution in [0.4, 0.5) is 0 Å². The third-order valence-corrected chi connectivity index (χ3v) is 6.96. The first-order valence-electron chi connectivity index (χ1n) is 11.7. The SMILES string of the molecule is O=C(CCOc1ccccc1)N1CCC(C(=O)N2CCC(N3CCCC3)CC2)CC1. The van der Waals surface area contributed by atoms with E-state index in [0.717, 1.165) is 44.5 Å². The Kier molecular flexibility index (Phi) is 7.26. The molecule has 3 fully saturated rings. The summed E-state index contributed by atoms with van der Waals surface area (Å²) in [7, 11) is 0. The molecule has 0 saturated carbocycles. The normalized spacial score (nSPS) is 21.7. The van der Waals surface area contributed by atoms with E-state index in [1.54, 1.807) is 0 Å². The summed E-state index contributed by atoms with van der Waals surface area (Å²) in [6, 6.07) is 10.3. The molecule has 3 aliphatic heterocycles. The van der Waals surface area contributed by atoms with E-state index in [1.807, 2.05) is 35.2 Å². The van der Waals surface area contributed by atoms with Gasteiger partial charge in [0.25, 0.3) is 0 Å². The molecule has 0 aromatic heterocycles. The molecule has 0 bridgehead atoms. The molecule has 3 saturated heterocycles. The molecular formula is C24H35N3O3. The molecule has 0 atom stereocenters. The maximum Gasteiger partial charge on any atom is 0.225 e. The van der Waals surface area contributed by atoms with E-state index in [0.29, 0.717) is 38.1 Å². The molecule has 3 heterocycles. The summed E-state index contributed by atoms with van der Waals surface area (Å²) < 4.78 is 5.64. The van der Waals surface area contributed by atoms with E-state index in [9.17, 15) is 9.59 Å². The molecule has 1 aromatic carbocycles. The van der Waals surface area contributed by atoms with Crippen molar-refractivity contribution in [3.8, 4) is 5.75 Å². The number of para-hydroxylation sites is 1. The van der Waals surface area contributed by atoms with Gasteiger partial charge in [0.1, 0.15) is 5.75 Å². The molecule has 4 rings (SSSR count). The predicted octanol–water partition coefficient (Wildman–Crippen LogP) is 2.78. The second-order valence-corrected chi connectivity index (χ2v) is 8.87. The van der Waals surface area contributed by atoms with Gasteiger partial charge >= 0.3 is 0 Å². The highest BCUT2D eigenvalue weighted by Crippen LogP contribution is 2.25. The van der Waals surface area contributed by atoms with Gasteiger partial charge in [0.2, 0.25) is 11.8 Å². The quantitative estimate of drug-likeness (QED) is 0.720. The van der Waals surface area contributed by atoms with Crippen LogP contribution in [-0.4, -0.2) is 78.4 Å². The van der Waals surface area contributed by atoms with Gasteiger partial charge in [-0.15, -0.1) is 0 Å². The molecule has 0 N–H and O–H groups in total. The highest BCUT2D eigenvalue weighted by molar-refractivity contribution is 5.80. The number of hydrogen-bond acceptors (Lipinski definition) is 4. The zero-order valence-electron chi connectivity index (χ0n) is 18.0. The summed E-state index contributed by atoms with van der Waals surface area (Å²) in [4.78, 5) is 32.1. The summed E-state index contributed by atoms with van der Waals surface area (Å²) in [5.74, 6) is 1.32. The van der Waals surface area contributed by atoms with Crippen LogP contribution in [0.2, 0.25) is 0 Å². The van der Waals surface area contributed by atoms with Crippen molar-refractivity contribution in [3.05, 3.63) is 30.3 Å². The second-order valence-electron chi connectivity index (χ2n) is 8.87. The molecule has 164 valence electrons. The predicted molar refractivity (Wildman–Crippen MR) is 116 cm³/mol. The largest absolute Gasteiger partial charge is 0.493 e. The molecule has 6 nitrogen and oxygen atoms in total. The van der Waals surface area contributed by atoms with E-state index >= 15 is 0 Å². The Hall–Kier alpha value is -2.08. The van der Waals surface area contributed by atoms with E-state index < -0.39 is 0 Å². The number of hydrogen-bond donors (Lipinski definition) is 0. The van der Waals surface area contributed by atoms with Crippen LogP contribution in [0, 0.1) is 5.92 Å². The first-order valence-corrected chi connectivity index (χ1v) is 11.7. The number of likely N-dealkylation sites (tertiary alicyclic amines) is 3. The first kappa shape index (κ1) is 21.2. The number of amides is 2. The van der Waals surface area contributed by atoms with Gasteiger partial charge in [0.05, 0.1) is 13.0 Å². The summed E-state index contributed by atoms with van der Waals surface area (Å²) in [5, 5.41) is 0. The molecule has 6 heteroatoms. The summed E-state index contributed by atoms with van der Waals surface area (Å²) in [6.45, 7) is 6.04. The molecule has 30 heavy (non-hydrogen) atoms. The van der Waals surface area contributed by atoms with Crippen LogP contribution in [0.25, 0.3) is 0 Å². The number of benzene rings is 1. The van der Waals surface area contributed by atoms with Crippen molar-refractivity contribution in [1.29, 1.82) is 0 Å². The lowest BCUT2D eigenvalue weighted by molar-refractivity contribution is -0.142. The van der Waals surface area contributed by atoms with Crippen LogP contribution in [-0.2, 0) is 9.59 Å². The molecular weight excluding hydrogens is 378 g/mol. The third kappa shape index (κ3) is 5.34. The molecule has 0 aliphatic carbocycles. The Morgan fingerprint density at radius 2 is 1.47 bits per heavy atom. The van der Waals surface area contributed by atoms with Crippen LogP contribution in [0.3, 0.4) is 0 Å². The fourth-order valence-corrected chi connectivity index (χ4v) is 5.12. The zero-order chi connectivity index (χ0) is 20.8. The van der Waals surface area contributed by atoms with E-state index in [-0.39, 0.29) is 11.8 Å². The Morgan fingerprint density at radius 3 is 2.13 bits per heavy atom. The molecule has 0 unspecified atom stereocenters. The molecule has 3 aliphatic rings. The fraction of sp³-hybridized carbons (Fsp3) is 0.667. The van der Waals surface area contributed by atoms with Crippen molar-refractivity contribution in [1.82, 2.24) is 14.7 Å². The number of carbonyl (C=O) groups is 2. The minimum absolute atomic E-state index is 0.0814. The van der Waals surface area contributed by atoms with E-state index in [4.69, 9.17) is 4.74 Å². The fourth-order valence-electron chi connectivity index (χ4n) is 5.12. The summed E-state index contributed by atoms with van der Waals surface area (Å²) >= 11 is 0. The van der Waals surface area contributed by atoms with Gasteiger partial charge in [-0.05, 0) is 63.7 Å². The maximum atomic E-state index is 13.0. The average Bonchev–Trinajstić information content (AvgIpc) is 3.34. The van der Waals surface area contributed by atoms with Crippen LogP contribution in [0.5, 0.6) is 5.75 Å². The van der Waals surface area contributed by atoms with Crippen LogP contribution < -0.4 is 4.74 Å². The van der Waals surface area contributed by atoms with Crippen molar-refractivity contribution >= 4 is 11.8 Å². The number of ether oxygens (including phenoxy) is 1. The lowest BCUT2D eigenvalue weighted by Crippen LogP contribution is -2.49. The first-order chi connectivity index (χ1) is 14.7. The Labute approximate surface area is 180 Å². The number of carbonyl (C=O) groups excluding carboxylic acids is 2. The maximum absolute atomic E-state index is 13.0. The average molecular weight is 414 g/mol. The standard InChI is InChI=1S/C24H35N3O3/c28-23(12-19-30-22-6-2-1-3-7-22)26-15-8-20(9-16-26)24(29)27-17-10-21(11-18-27)25-13-4-5-14-25/h1-3,6-7,20-21H,4-5,8-19H2. The van der Waals surface area contributed by atoms with E-state index in [2.05, 4.69) is 9.80 Å². The van der Waals surface area contributed by atoms with Gasteiger partial charge < -0.3 is 19.4 Å². The molecule has 0 radical (unpaired) electrons. The highest BCUT2D eigenvalue weighted by Gasteiger charge is 2.33. The number of nitrogens with zero attached hydrogens (tertiary/aromatic N) is 3. The second kappa shape index (κ2) is 10.3. The highest BCUT2D eigenvalue weighted by atomic mass is 16.5. The van der Waals surface area contributed by atoms with Crippen molar-refractivity contribution in [2.24, 2.45) is 5.92 Å². The van der Waals surface area contributed by atoms with Crippen molar-refractivity contribution in [3.63, 3.8) is 0 Å². The Bertz CT molecular complexity index is 689. The zero-order valence-corrected chi connectivity index (χ0v) is 18.0. The monoisotopic (exact) mass is 413 g/mol. The smallest absolute Gasteiger partial charge is 0.225 e. The molecule has 1 aromatic rings. The van der Waals surface area contributed by atoms with Crippen LogP contribution in [0.1, 0.15) is 44.9 Å². The lowest BCUT2D eigenvalue weighted by atomic mass is 9.93. The Morgan fingerprint density at radius 1 is 0.833 bits per heavy atom. The van der Waals surface area contributed by atoms with Crippen LogP contribution in [0.15, 0.2) is 30.3 Å². The minimum Gasteiger partial charge on any atom is -0.493 e. The minimum atomic E-state index is 0.0814. The molecule has 0 spiro atoms. The van der Waals surface area contributed by atoms with Gasteiger partial charge in [-0.25, -0.2) is 0 Å².